The summed E-state index contributed by atoms with van der Waals surface area (Å²) in [4.78, 5) is 15.3. The van der Waals surface area contributed by atoms with Crippen molar-refractivity contribution in [2.75, 3.05) is 0 Å². The molecular weight excluding hydrogens is 613 g/mol. The van der Waals surface area contributed by atoms with E-state index in [0.717, 1.165) is 60.7 Å². The van der Waals surface area contributed by atoms with Crippen molar-refractivity contribution in [1.82, 2.24) is 19.5 Å². The topological polar surface area (TPSA) is 56.7 Å². The molecule has 10 aromatic rings. The Hall–Kier alpha value is -6.85. The normalized spacial score (nSPS) is 11.6. The van der Waals surface area contributed by atoms with Crippen LogP contribution in [0.25, 0.3) is 94.7 Å². The van der Waals surface area contributed by atoms with E-state index < -0.39 is 0 Å². The summed E-state index contributed by atoms with van der Waals surface area (Å²) < 4.78 is 8.57. The lowest BCUT2D eigenvalue weighted by atomic mass is 10.0. The van der Waals surface area contributed by atoms with Crippen LogP contribution in [0, 0.1) is 0 Å². The van der Waals surface area contributed by atoms with Crippen LogP contribution in [-0.4, -0.2) is 19.5 Å². The summed E-state index contributed by atoms with van der Waals surface area (Å²) >= 11 is 0. The average Bonchev–Trinajstić information content (AvgIpc) is 3.74. The van der Waals surface area contributed by atoms with Crippen LogP contribution >= 0.6 is 0 Å². The molecule has 10 rings (SSSR count). The van der Waals surface area contributed by atoms with E-state index in [9.17, 15) is 0 Å². The van der Waals surface area contributed by atoms with Crippen LogP contribution in [-0.2, 0) is 0 Å². The number of fused-ring (bicyclic) bond motifs is 6. The molecule has 0 aliphatic rings. The number of benzene rings is 7. The first kappa shape index (κ1) is 28.2. The number of hydrogen-bond donors (Lipinski definition) is 0. The zero-order chi connectivity index (χ0) is 33.0. The largest absolute Gasteiger partial charge is 0.456 e. The van der Waals surface area contributed by atoms with Crippen molar-refractivity contribution >= 4 is 43.7 Å². The minimum Gasteiger partial charge on any atom is -0.456 e. The number of para-hydroxylation sites is 2. The maximum atomic E-state index is 6.24. The molecule has 0 aliphatic carbocycles. The molecule has 0 saturated heterocycles. The lowest BCUT2D eigenvalue weighted by Gasteiger charge is -2.11. The number of hydrogen-bond acceptors (Lipinski definition) is 4. The molecule has 5 heteroatoms. The third-order valence-electron chi connectivity index (χ3n) is 9.46. The molecular formula is C45H28N4O. The standard InChI is InChI=1S/C45H28N4O/c1-4-13-29(14-5-1)31-24-26-38-37(27-31)34-25-23-32(28-39(34)49(38)33-17-8-3-9-18-33)44-46-43(30-15-6-2-7-16-30)47-45(48-44)36-20-12-22-41-42(36)35-19-10-11-21-40(35)50-41/h1-28H. The molecule has 0 spiro atoms. The molecule has 234 valence electrons. The Morgan fingerprint density at radius 1 is 0.380 bits per heavy atom. The summed E-state index contributed by atoms with van der Waals surface area (Å²) in [5.74, 6) is 1.82. The summed E-state index contributed by atoms with van der Waals surface area (Å²) in [5, 5.41) is 4.38. The molecule has 7 aromatic carbocycles. The molecule has 50 heavy (non-hydrogen) atoms. The average molecular weight is 641 g/mol. The molecule has 0 bridgehead atoms. The first-order chi connectivity index (χ1) is 24.8. The van der Waals surface area contributed by atoms with Crippen LogP contribution in [0.5, 0.6) is 0 Å². The summed E-state index contributed by atoms with van der Waals surface area (Å²) in [7, 11) is 0. The van der Waals surface area contributed by atoms with Gasteiger partial charge in [0.25, 0.3) is 0 Å². The molecule has 5 nitrogen and oxygen atoms in total. The summed E-state index contributed by atoms with van der Waals surface area (Å²) in [6, 6.07) is 58.6. The van der Waals surface area contributed by atoms with Gasteiger partial charge in [-0.1, -0.05) is 127 Å². The van der Waals surface area contributed by atoms with E-state index in [2.05, 4.69) is 114 Å². The van der Waals surface area contributed by atoms with Crippen molar-refractivity contribution in [2.24, 2.45) is 0 Å². The van der Waals surface area contributed by atoms with E-state index in [1.54, 1.807) is 0 Å². The lowest BCUT2D eigenvalue weighted by Crippen LogP contribution is -2.00. The highest BCUT2D eigenvalue weighted by Crippen LogP contribution is 2.39. The van der Waals surface area contributed by atoms with Crippen LogP contribution in [0.3, 0.4) is 0 Å². The highest BCUT2D eigenvalue weighted by atomic mass is 16.3. The minimum atomic E-state index is 0.599. The van der Waals surface area contributed by atoms with Gasteiger partial charge in [-0.05, 0) is 53.6 Å². The van der Waals surface area contributed by atoms with Crippen molar-refractivity contribution in [3.05, 3.63) is 170 Å². The van der Waals surface area contributed by atoms with E-state index >= 15 is 0 Å². The fourth-order valence-corrected chi connectivity index (χ4v) is 7.13. The second-order valence-electron chi connectivity index (χ2n) is 12.5. The Kier molecular flexibility index (Phi) is 6.42. The highest BCUT2D eigenvalue weighted by Gasteiger charge is 2.19. The molecule has 0 atom stereocenters. The summed E-state index contributed by atoms with van der Waals surface area (Å²) in [6.45, 7) is 0. The predicted octanol–water partition coefficient (Wildman–Crippen LogP) is 11.5. The van der Waals surface area contributed by atoms with Crippen molar-refractivity contribution in [1.29, 1.82) is 0 Å². The molecule has 0 N–H and O–H groups in total. The fourth-order valence-electron chi connectivity index (χ4n) is 7.13. The van der Waals surface area contributed by atoms with Gasteiger partial charge in [-0.25, -0.2) is 15.0 Å². The van der Waals surface area contributed by atoms with Crippen LogP contribution in [0.1, 0.15) is 0 Å². The van der Waals surface area contributed by atoms with Crippen LogP contribution < -0.4 is 0 Å². The summed E-state index contributed by atoms with van der Waals surface area (Å²) in [5.41, 5.74) is 10.1. The van der Waals surface area contributed by atoms with Gasteiger partial charge in [0.2, 0.25) is 0 Å². The molecule has 3 aromatic heterocycles. The summed E-state index contributed by atoms with van der Waals surface area (Å²) in [6.07, 6.45) is 0. The molecule has 0 unspecified atom stereocenters. The Labute approximate surface area is 287 Å². The van der Waals surface area contributed by atoms with Gasteiger partial charge in [0, 0.05) is 43.9 Å². The van der Waals surface area contributed by atoms with E-state index in [1.807, 2.05) is 60.7 Å². The number of furan rings is 1. The first-order valence-electron chi connectivity index (χ1n) is 16.7. The van der Waals surface area contributed by atoms with Gasteiger partial charge in [0.15, 0.2) is 17.5 Å². The SMILES string of the molecule is c1ccc(-c2ccc3c(c2)c2ccc(-c4nc(-c5ccccc5)nc(-c5cccc6oc7ccccc7c56)n4)cc2n3-c2ccccc2)cc1. The highest BCUT2D eigenvalue weighted by molar-refractivity contribution is 6.12. The Morgan fingerprint density at radius 3 is 1.82 bits per heavy atom. The zero-order valence-corrected chi connectivity index (χ0v) is 26.9. The van der Waals surface area contributed by atoms with Crippen molar-refractivity contribution in [2.45, 2.75) is 0 Å². The van der Waals surface area contributed by atoms with Gasteiger partial charge in [0.05, 0.1) is 11.0 Å². The van der Waals surface area contributed by atoms with E-state index in [0.29, 0.717) is 17.5 Å². The van der Waals surface area contributed by atoms with Crippen LogP contribution in [0.2, 0.25) is 0 Å². The minimum absolute atomic E-state index is 0.599. The van der Waals surface area contributed by atoms with E-state index in [1.165, 1.54) is 16.5 Å². The monoisotopic (exact) mass is 640 g/mol. The molecule has 0 amide bonds. The van der Waals surface area contributed by atoms with Crippen LogP contribution in [0.4, 0.5) is 0 Å². The quantitative estimate of drug-likeness (QED) is 0.188. The number of rotatable bonds is 5. The third kappa shape index (κ3) is 4.60. The Balaban J connectivity index is 1.22. The van der Waals surface area contributed by atoms with Crippen LogP contribution in [0.15, 0.2) is 174 Å². The molecule has 0 aliphatic heterocycles. The van der Waals surface area contributed by atoms with Crippen molar-refractivity contribution in [3.63, 3.8) is 0 Å². The Morgan fingerprint density at radius 2 is 1.02 bits per heavy atom. The fraction of sp³-hybridized carbons (Fsp3) is 0. The zero-order valence-electron chi connectivity index (χ0n) is 26.9. The second-order valence-corrected chi connectivity index (χ2v) is 12.5. The molecule has 0 radical (unpaired) electrons. The smallest absolute Gasteiger partial charge is 0.164 e. The van der Waals surface area contributed by atoms with Gasteiger partial charge < -0.3 is 8.98 Å². The van der Waals surface area contributed by atoms with Gasteiger partial charge in [0.1, 0.15) is 11.2 Å². The number of nitrogens with zero attached hydrogens (tertiary/aromatic N) is 4. The van der Waals surface area contributed by atoms with Crippen molar-refractivity contribution < 1.29 is 4.42 Å². The molecule has 3 heterocycles. The van der Waals surface area contributed by atoms with E-state index in [4.69, 9.17) is 19.4 Å². The predicted molar refractivity (Wildman–Crippen MR) is 203 cm³/mol. The van der Waals surface area contributed by atoms with Gasteiger partial charge in [-0.15, -0.1) is 0 Å². The third-order valence-corrected chi connectivity index (χ3v) is 9.46. The molecule has 0 saturated carbocycles. The Bertz CT molecular complexity index is 2860. The van der Waals surface area contributed by atoms with Gasteiger partial charge in [-0.2, -0.15) is 0 Å². The van der Waals surface area contributed by atoms with Gasteiger partial charge >= 0.3 is 0 Å². The first-order valence-corrected chi connectivity index (χ1v) is 16.7. The number of aromatic nitrogens is 4. The molecule has 0 fully saturated rings. The lowest BCUT2D eigenvalue weighted by molar-refractivity contribution is 0.669. The maximum Gasteiger partial charge on any atom is 0.164 e. The van der Waals surface area contributed by atoms with Crippen molar-refractivity contribution in [3.8, 4) is 51.0 Å². The maximum absolute atomic E-state index is 6.24. The second kappa shape index (κ2) is 11.4. The van der Waals surface area contributed by atoms with E-state index in [-0.39, 0.29) is 0 Å². The van der Waals surface area contributed by atoms with Gasteiger partial charge in [-0.3, -0.25) is 0 Å².